The van der Waals surface area contributed by atoms with Crippen LogP contribution in [0.3, 0.4) is 0 Å². The minimum absolute atomic E-state index is 1.33. The number of rotatable bonds is 3. The van der Waals surface area contributed by atoms with Crippen LogP contribution >= 0.6 is 0 Å². The molecule has 0 unspecified atom stereocenters. The molecular weight excluding hydrogens is 215 g/mol. The fourth-order valence-electron chi connectivity index (χ4n) is 0.518. The van der Waals surface area contributed by atoms with Crippen LogP contribution < -0.4 is 0 Å². The van der Waals surface area contributed by atoms with Crippen molar-refractivity contribution in [3.63, 3.8) is 0 Å². The molecule has 0 aliphatic carbocycles. The van der Waals surface area contributed by atoms with Crippen molar-refractivity contribution >= 4 is 18.4 Å². The molecule has 0 rings (SSSR count). The second-order valence-electron chi connectivity index (χ2n) is 3.43. The second kappa shape index (κ2) is 4.15. The SMILES string of the molecule is C=CC=C[CH2][Sn]([CH3])([CH3])[CH3]. The fraction of sp³-hybridized carbons (Fsp3) is 0.500. The first-order chi connectivity index (χ1) is 4.06. The van der Waals surface area contributed by atoms with Crippen LogP contribution in [0.25, 0.3) is 0 Å². The van der Waals surface area contributed by atoms with Crippen molar-refractivity contribution in [3.05, 3.63) is 24.8 Å². The summed E-state index contributed by atoms with van der Waals surface area (Å²) < 4.78 is 1.33. The van der Waals surface area contributed by atoms with Crippen molar-refractivity contribution in [2.45, 2.75) is 19.3 Å². The van der Waals surface area contributed by atoms with Crippen LogP contribution in [0, 0.1) is 0 Å². The molecule has 0 saturated carbocycles. The third kappa shape index (κ3) is 8.28. The van der Waals surface area contributed by atoms with E-state index in [-0.39, 0.29) is 0 Å². The van der Waals surface area contributed by atoms with Crippen molar-refractivity contribution < 1.29 is 0 Å². The van der Waals surface area contributed by atoms with E-state index < -0.39 is 18.4 Å². The number of hydrogen-bond donors (Lipinski definition) is 0. The predicted molar refractivity (Wildman–Crippen MR) is 47.5 cm³/mol. The van der Waals surface area contributed by atoms with Crippen LogP contribution in [0.15, 0.2) is 24.8 Å². The molecule has 0 atom stereocenters. The maximum absolute atomic E-state index is 3.62. The Bertz CT molecular complexity index is 106. The first-order valence-electron chi connectivity index (χ1n) is 3.34. The molecule has 0 bridgehead atoms. The molecule has 0 radical (unpaired) electrons. The van der Waals surface area contributed by atoms with Gasteiger partial charge >= 0.3 is 62.4 Å². The summed E-state index contributed by atoms with van der Waals surface area (Å²) in [5.74, 6) is 0. The summed E-state index contributed by atoms with van der Waals surface area (Å²) in [4.78, 5) is 7.30. The van der Waals surface area contributed by atoms with Gasteiger partial charge in [-0.05, 0) is 0 Å². The normalized spacial score (nSPS) is 12.3. The molecule has 9 heavy (non-hydrogen) atoms. The van der Waals surface area contributed by atoms with Crippen molar-refractivity contribution in [1.29, 1.82) is 0 Å². The van der Waals surface area contributed by atoms with Gasteiger partial charge in [-0.25, -0.2) is 0 Å². The topological polar surface area (TPSA) is 0 Å². The minimum atomic E-state index is -1.47. The Morgan fingerprint density at radius 3 is 2.22 bits per heavy atom. The van der Waals surface area contributed by atoms with E-state index in [0.717, 1.165) is 0 Å². The summed E-state index contributed by atoms with van der Waals surface area (Å²) in [6.07, 6.45) is 6.13. The van der Waals surface area contributed by atoms with E-state index >= 15 is 0 Å². The van der Waals surface area contributed by atoms with Gasteiger partial charge in [0, 0.05) is 0 Å². The Balaban J connectivity index is 3.50. The van der Waals surface area contributed by atoms with Crippen molar-refractivity contribution in [2.75, 3.05) is 0 Å². The monoisotopic (exact) mass is 232 g/mol. The average Bonchev–Trinajstić information content (AvgIpc) is 1.63. The van der Waals surface area contributed by atoms with Gasteiger partial charge in [0.1, 0.15) is 0 Å². The van der Waals surface area contributed by atoms with Gasteiger partial charge < -0.3 is 0 Å². The molecule has 0 spiro atoms. The summed E-state index contributed by atoms with van der Waals surface area (Å²) in [6, 6.07) is 0. The van der Waals surface area contributed by atoms with Crippen LogP contribution in [0.1, 0.15) is 0 Å². The molecule has 0 amide bonds. The standard InChI is InChI=1S/C5H7.3CH3.Sn/c1-3-5-4-2;;;;/h3-5H,1-2H2;3*1H3;. The molecule has 0 saturated heterocycles. The Hall–Kier alpha value is 0.279. The van der Waals surface area contributed by atoms with Crippen LogP contribution in [0.5, 0.6) is 0 Å². The average molecular weight is 231 g/mol. The van der Waals surface area contributed by atoms with Gasteiger partial charge in [-0.1, -0.05) is 0 Å². The molecule has 0 aliphatic heterocycles. The molecule has 0 heterocycles. The van der Waals surface area contributed by atoms with Crippen LogP contribution in [-0.2, 0) is 0 Å². The Morgan fingerprint density at radius 1 is 1.33 bits per heavy atom. The first-order valence-corrected chi connectivity index (χ1v) is 13.9. The molecule has 52 valence electrons. The zero-order valence-electron chi connectivity index (χ0n) is 6.65. The third-order valence-electron chi connectivity index (χ3n) is 1.00. The van der Waals surface area contributed by atoms with Gasteiger partial charge in [-0.2, -0.15) is 0 Å². The third-order valence-corrected chi connectivity index (χ3v) is 5.17. The van der Waals surface area contributed by atoms with Crippen LogP contribution in [-0.4, -0.2) is 18.4 Å². The van der Waals surface area contributed by atoms with Crippen molar-refractivity contribution in [2.24, 2.45) is 0 Å². The molecule has 1 heteroatoms. The van der Waals surface area contributed by atoms with Crippen LogP contribution in [0.4, 0.5) is 0 Å². The summed E-state index contributed by atoms with van der Waals surface area (Å²) in [6.45, 7) is 3.62. The predicted octanol–water partition coefficient (Wildman–Crippen LogP) is 3.07. The maximum atomic E-state index is 3.62. The Labute approximate surface area is 62.5 Å². The molecule has 0 fully saturated rings. The molecular formula is C8H16Sn. The van der Waals surface area contributed by atoms with Gasteiger partial charge in [0.15, 0.2) is 0 Å². The zero-order chi connectivity index (χ0) is 7.33. The number of allylic oxidation sites excluding steroid dienone is 3. The Kier molecular flexibility index (Phi) is 4.28. The second-order valence-corrected chi connectivity index (χ2v) is 19.2. The van der Waals surface area contributed by atoms with E-state index in [4.69, 9.17) is 0 Å². The Morgan fingerprint density at radius 2 is 1.89 bits per heavy atom. The van der Waals surface area contributed by atoms with Crippen molar-refractivity contribution in [3.8, 4) is 0 Å². The summed E-state index contributed by atoms with van der Waals surface area (Å²) in [5.41, 5.74) is 0. The van der Waals surface area contributed by atoms with E-state index in [1.165, 1.54) is 4.44 Å². The summed E-state index contributed by atoms with van der Waals surface area (Å²) in [7, 11) is 0. The van der Waals surface area contributed by atoms with E-state index in [1.54, 1.807) is 0 Å². The number of hydrogen-bond acceptors (Lipinski definition) is 0. The van der Waals surface area contributed by atoms with Crippen molar-refractivity contribution in [1.82, 2.24) is 0 Å². The molecule has 0 aliphatic rings. The first kappa shape index (κ1) is 9.28. The molecule has 0 aromatic rings. The van der Waals surface area contributed by atoms with E-state index in [9.17, 15) is 0 Å². The molecule has 0 nitrogen and oxygen atoms in total. The summed E-state index contributed by atoms with van der Waals surface area (Å²) >= 11 is -1.47. The summed E-state index contributed by atoms with van der Waals surface area (Å²) in [5, 5.41) is 0. The van der Waals surface area contributed by atoms with Gasteiger partial charge in [0.05, 0.1) is 0 Å². The zero-order valence-corrected chi connectivity index (χ0v) is 9.50. The van der Waals surface area contributed by atoms with Gasteiger partial charge in [-0.3, -0.25) is 0 Å². The van der Waals surface area contributed by atoms with E-state index in [0.29, 0.717) is 0 Å². The van der Waals surface area contributed by atoms with Gasteiger partial charge in [0.25, 0.3) is 0 Å². The quantitative estimate of drug-likeness (QED) is 0.517. The van der Waals surface area contributed by atoms with E-state index in [1.807, 2.05) is 12.2 Å². The van der Waals surface area contributed by atoms with Gasteiger partial charge in [0.2, 0.25) is 0 Å². The van der Waals surface area contributed by atoms with Gasteiger partial charge in [-0.15, -0.1) is 0 Å². The van der Waals surface area contributed by atoms with E-state index in [2.05, 4.69) is 27.5 Å². The molecule has 0 aromatic carbocycles. The fourth-order valence-corrected chi connectivity index (χ4v) is 2.92. The van der Waals surface area contributed by atoms with Crippen LogP contribution in [0.2, 0.25) is 19.3 Å². The molecule has 0 N–H and O–H groups in total. The molecule has 0 aromatic heterocycles.